The molecule has 1 fully saturated rings. The zero-order chi connectivity index (χ0) is 14.0. The molecule has 1 aliphatic carbocycles. The van der Waals surface area contributed by atoms with Crippen molar-refractivity contribution < 1.29 is 4.39 Å². The Hall–Kier alpha value is -0.0800. The van der Waals surface area contributed by atoms with Crippen molar-refractivity contribution in [2.45, 2.75) is 44.4 Å². The fraction of sp³-hybridized carbons (Fsp3) is 0.625. The molecular weight excluding hydrogens is 327 g/mol. The first-order chi connectivity index (χ1) is 8.97. The molecule has 0 aliphatic heterocycles. The van der Waals surface area contributed by atoms with E-state index in [-0.39, 0.29) is 10.8 Å². The van der Waals surface area contributed by atoms with E-state index in [0.717, 1.165) is 23.8 Å². The number of alkyl halides is 1. The van der Waals surface area contributed by atoms with Gasteiger partial charge in [-0.05, 0) is 61.1 Å². The molecule has 1 aromatic carbocycles. The van der Waals surface area contributed by atoms with Gasteiger partial charge in [-0.2, -0.15) is 0 Å². The second kappa shape index (κ2) is 6.58. The number of rotatable bonds is 3. The lowest BCUT2D eigenvalue weighted by Gasteiger charge is -2.35. The van der Waals surface area contributed by atoms with E-state index in [9.17, 15) is 4.39 Å². The lowest BCUT2D eigenvalue weighted by molar-refractivity contribution is 0.223. The summed E-state index contributed by atoms with van der Waals surface area (Å²) < 4.78 is 13.2. The summed E-state index contributed by atoms with van der Waals surface area (Å²) in [7, 11) is 0. The van der Waals surface area contributed by atoms with Crippen LogP contribution in [0.25, 0.3) is 0 Å². The third kappa shape index (κ3) is 3.95. The largest absolute Gasteiger partial charge is 0.205 e. The zero-order valence-corrected chi connectivity index (χ0v) is 13.8. The van der Waals surface area contributed by atoms with E-state index >= 15 is 0 Å². The minimum absolute atomic E-state index is 0.236. The van der Waals surface area contributed by atoms with Gasteiger partial charge in [-0.1, -0.05) is 47.4 Å². The SMILES string of the molecule is CC(C)C1CCC(Br)C(Cc2ccc(F)c(Cl)c2)C1. The van der Waals surface area contributed by atoms with Crippen LogP contribution in [0.3, 0.4) is 0 Å². The molecule has 0 spiro atoms. The maximum Gasteiger partial charge on any atom is 0.141 e. The second-order valence-electron chi connectivity index (χ2n) is 6.05. The second-order valence-corrected chi connectivity index (χ2v) is 7.63. The van der Waals surface area contributed by atoms with E-state index in [0.29, 0.717) is 10.7 Å². The minimum Gasteiger partial charge on any atom is -0.205 e. The number of hydrogen-bond donors (Lipinski definition) is 0. The standard InChI is InChI=1S/C16H21BrClF/c1-10(2)12-4-5-14(17)13(9-12)7-11-3-6-16(19)15(18)8-11/h3,6,8,10,12-14H,4-5,7,9H2,1-2H3. The Bertz CT molecular complexity index is 433. The van der Waals surface area contributed by atoms with Gasteiger partial charge in [0.1, 0.15) is 5.82 Å². The molecule has 2 rings (SSSR count). The first kappa shape index (κ1) is 15.3. The molecular formula is C16H21BrClF. The minimum atomic E-state index is -0.329. The van der Waals surface area contributed by atoms with E-state index < -0.39 is 0 Å². The van der Waals surface area contributed by atoms with E-state index in [1.807, 2.05) is 6.07 Å². The monoisotopic (exact) mass is 346 g/mol. The van der Waals surface area contributed by atoms with Crippen molar-refractivity contribution in [2.75, 3.05) is 0 Å². The summed E-state index contributed by atoms with van der Waals surface area (Å²) in [6.07, 6.45) is 4.79. The molecule has 3 atom stereocenters. The van der Waals surface area contributed by atoms with Crippen LogP contribution >= 0.6 is 27.5 Å². The molecule has 1 aliphatic rings. The van der Waals surface area contributed by atoms with Gasteiger partial charge in [0.25, 0.3) is 0 Å². The van der Waals surface area contributed by atoms with Crippen LogP contribution in [-0.2, 0) is 6.42 Å². The molecule has 0 amide bonds. The van der Waals surface area contributed by atoms with E-state index in [4.69, 9.17) is 11.6 Å². The van der Waals surface area contributed by atoms with Crippen molar-refractivity contribution in [1.29, 1.82) is 0 Å². The summed E-state index contributed by atoms with van der Waals surface area (Å²) in [4.78, 5) is 0.575. The van der Waals surface area contributed by atoms with Gasteiger partial charge in [0.15, 0.2) is 0 Å². The predicted octanol–water partition coefficient (Wildman–Crippen LogP) is 5.86. The average molecular weight is 348 g/mol. The van der Waals surface area contributed by atoms with Gasteiger partial charge in [0.05, 0.1) is 5.02 Å². The smallest absolute Gasteiger partial charge is 0.141 e. The fourth-order valence-electron chi connectivity index (χ4n) is 3.05. The van der Waals surface area contributed by atoms with Crippen molar-refractivity contribution >= 4 is 27.5 Å². The van der Waals surface area contributed by atoms with Gasteiger partial charge < -0.3 is 0 Å². The average Bonchev–Trinajstić information content (AvgIpc) is 2.36. The third-order valence-corrected chi connectivity index (χ3v) is 5.85. The Labute approximate surface area is 128 Å². The van der Waals surface area contributed by atoms with Gasteiger partial charge in [-0.15, -0.1) is 0 Å². The lowest BCUT2D eigenvalue weighted by Crippen LogP contribution is -2.29. The molecule has 0 nitrogen and oxygen atoms in total. The maximum atomic E-state index is 13.2. The van der Waals surface area contributed by atoms with Crippen molar-refractivity contribution in [2.24, 2.45) is 17.8 Å². The molecule has 19 heavy (non-hydrogen) atoms. The Morgan fingerprint density at radius 3 is 2.74 bits per heavy atom. The van der Waals surface area contributed by atoms with Crippen molar-refractivity contribution in [1.82, 2.24) is 0 Å². The zero-order valence-electron chi connectivity index (χ0n) is 11.5. The first-order valence-corrected chi connectivity index (χ1v) is 8.34. The van der Waals surface area contributed by atoms with Crippen LogP contribution in [0.5, 0.6) is 0 Å². The van der Waals surface area contributed by atoms with Crippen LogP contribution < -0.4 is 0 Å². The summed E-state index contributed by atoms with van der Waals surface area (Å²) >= 11 is 9.68. The molecule has 0 N–H and O–H groups in total. The van der Waals surface area contributed by atoms with Crippen LogP contribution in [0.15, 0.2) is 18.2 Å². The maximum absolute atomic E-state index is 13.2. The van der Waals surface area contributed by atoms with Gasteiger partial charge in [0.2, 0.25) is 0 Å². The highest BCUT2D eigenvalue weighted by Gasteiger charge is 2.30. The molecule has 0 bridgehead atoms. The highest BCUT2D eigenvalue weighted by atomic mass is 79.9. The third-order valence-electron chi connectivity index (χ3n) is 4.35. The van der Waals surface area contributed by atoms with E-state index in [2.05, 4.69) is 29.8 Å². The lowest BCUT2D eigenvalue weighted by atomic mass is 9.74. The highest BCUT2D eigenvalue weighted by molar-refractivity contribution is 9.09. The van der Waals surface area contributed by atoms with Crippen molar-refractivity contribution in [3.63, 3.8) is 0 Å². The van der Waals surface area contributed by atoms with Gasteiger partial charge >= 0.3 is 0 Å². The summed E-state index contributed by atoms with van der Waals surface area (Å²) in [5.74, 6) is 1.86. The van der Waals surface area contributed by atoms with Crippen molar-refractivity contribution in [3.8, 4) is 0 Å². The molecule has 3 heteroatoms. The fourth-order valence-corrected chi connectivity index (χ4v) is 3.92. The summed E-state index contributed by atoms with van der Waals surface area (Å²) in [6, 6.07) is 5.11. The number of hydrogen-bond acceptors (Lipinski definition) is 0. The van der Waals surface area contributed by atoms with Gasteiger partial charge in [-0.3, -0.25) is 0 Å². The van der Waals surface area contributed by atoms with Crippen molar-refractivity contribution in [3.05, 3.63) is 34.6 Å². The van der Waals surface area contributed by atoms with Gasteiger partial charge in [-0.25, -0.2) is 4.39 Å². The molecule has 3 unspecified atom stereocenters. The molecule has 1 aromatic rings. The van der Waals surface area contributed by atoms with Crippen LogP contribution in [0.4, 0.5) is 4.39 Å². The number of benzene rings is 1. The van der Waals surface area contributed by atoms with Gasteiger partial charge in [0, 0.05) is 4.83 Å². The Balaban J connectivity index is 2.05. The summed E-state index contributed by atoms with van der Waals surface area (Å²) in [5.41, 5.74) is 1.14. The van der Waals surface area contributed by atoms with E-state index in [1.165, 1.54) is 25.3 Å². The topological polar surface area (TPSA) is 0 Å². The Kier molecular flexibility index (Phi) is 5.30. The molecule has 1 saturated carbocycles. The molecule has 0 radical (unpaired) electrons. The molecule has 0 saturated heterocycles. The van der Waals surface area contributed by atoms with Crippen LogP contribution in [0.2, 0.25) is 5.02 Å². The quantitative estimate of drug-likeness (QED) is 0.601. The molecule has 106 valence electrons. The molecule has 0 aromatic heterocycles. The molecule has 0 heterocycles. The number of halogens is 3. The van der Waals surface area contributed by atoms with Crippen LogP contribution in [0, 0.1) is 23.6 Å². The normalized spacial score (nSPS) is 27.8. The Morgan fingerprint density at radius 1 is 1.37 bits per heavy atom. The highest BCUT2D eigenvalue weighted by Crippen LogP contribution is 2.39. The van der Waals surface area contributed by atoms with Crippen LogP contribution in [0.1, 0.15) is 38.7 Å². The van der Waals surface area contributed by atoms with Crippen LogP contribution in [-0.4, -0.2) is 4.83 Å². The summed E-state index contributed by atoms with van der Waals surface area (Å²) in [5, 5.41) is 0.236. The summed E-state index contributed by atoms with van der Waals surface area (Å²) in [6.45, 7) is 4.62. The Morgan fingerprint density at radius 2 is 2.11 bits per heavy atom. The predicted molar refractivity (Wildman–Crippen MR) is 83.5 cm³/mol. The van der Waals surface area contributed by atoms with E-state index in [1.54, 1.807) is 6.07 Å². The first-order valence-electron chi connectivity index (χ1n) is 7.05.